The van der Waals surface area contributed by atoms with Crippen molar-refractivity contribution in [1.29, 1.82) is 5.26 Å². The third kappa shape index (κ3) is 6.32. The first-order valence-corrected chi connectivity index (χ1v) is 3.20. The molecule has 0 aromatic heterocycles. The minimum Gasteiger partial charge on any atom is -0.501 e. The quantitative estimate of drug-likeness (QED) is 0.262. The standard InChI is InChI=1S/C8H9NO2/c1-2-11-6-4-3-5-8(10)7-9/h3-6H,2H2,1H3/b5-3-,6-4+. The van der Waals surface area contributed by atoms with E-state index in [-0.39, 0.29) is 0 Å². The fraction of sp³-hybridized carbons (Fsp3) is 0.250. The maximum absolute atomic E-state index is 10.3. The van der Waals surface area contributed by atoms with Gasteiger partial charge >= 0.3 is 0 Å². The van der Waals surface area contributed by atoms with Crippen LogP contribution in [0.5, 0.6) is 0 Å². The van der Waals surface area contributed by atoms with E-state index in [0.29, 0.717) is 6.61 Å². The molecule has 58 valence electrons. The third-order valence-electron chi connectivity index (χ3n) is 0.810. The number of carbonyl (C=O) groups is 1. The van der Waals surface area contributed by atoms with E-state index < -0.39 is 5.78 Å². The fourth-order valence-corrected chi connectivity index (χ4v) is 0.377. The highest BCUT2D eigenvalue weighted by Crippen LogP contribution is 1.80. The lowest BCUT2D eigenvalue weighted by molar-refractivity contribution is -0.109. The van der Waals surface area contributed by atoms with Crippen molar-refractivity contribution in [3.8, 4) is 6.07 Å². The molecule has 0 amide bonds. The zero-order chi connectivity index (χ0) is 8.53. The Balaban J connectivity index is 3.61. The molecule has 0 aliphatic carbocycles. The van der Waals surface area contributed by atoms with E-state index in [2.05, 4.69) is 0 Å². The highest BCUT2D eigenvalue weighted by atomic mass is 16.5. The maximum Gasteiger partial charge on any atom is 0.255 e. The van der Waals surface area contributed by atoms with E-state index in [1.807, 2.05) is 6.92 Å². The molecule has 0 N–H and O–H groups in total. The second-order valence-electron chi connectivity index (χ2n) is 1.62. The number of rotatable bonds is 4. The number of nitriles is 1. The van der Waals surface area contributed by atoms with Crippen LogP contribution < -0.4 is 0 Å². The second kappa shape index (κ2) is 6.56. The van der Waals surface area contributed by atoms with E-state index in [9.17, 15) is 4.79 Å². The van der Waals surface area contributed by atoms with E-state index in [4.69, 9.17) is 10.00 Å². The number of hydrogen-bond donors (Lipinski definition) is 0. The summed E-state index contributed by atoms with van der Waals surface area (Å²) in [5, 5.41) is 8.03. The minimum absolute atomic E-state index is 0.564. The van der Waals surface area contributed by atoms with Gasteiger partial charge in [0.1, 0.15) is 6.07 Å². The third-order valence-corrected chi connectivity index (χ3v) is 0.810. The van der Waals surface area contributed by atoms with Crippen molar-refractivity contribution in [2.45, 2.75) is 6.92 Å². The molecule has 0 rings (SSSR count). The van der Waals surface area contributed by atoms with Gasteiger partial charge in [0, 0.05) is 0 Å². The minimum atomic E-state index is -0.564. The Bertz CT molecular complexity index is 211. The molecule has 0 heterocycles. The number of nitrogens with zero attached hydrogens (tertiary/aromatic N) is 1. The summed E-state index contributed by atoms with van der Waals surface area (Å²) in [6.45, 7) is 2.45. The Kier molecular flexibility index (Phi) is 5.63. The zero-order valence-electron chi connectivity index (χ0n) is 6.28. The van der Waals surface area contributed by atoms with Crippen molar-refractivity contribution in [2.75, 3.05) is 6.61 Å². The number of allylic oxidation sites excluding steroid dienone is 3. The summed E-state index contributed by atoms with van der Waals surface area (Å²) < 4.78 is 4.82. The van der Waals surface area contributed by atoms with Gasteiger partial charge in [-0.05, 0) is 19.1 Å². The van der Waals surface area contributed by atoms with Gasteiger partial charge in [-0.1, -0.05) is 6.08 Å². The molecule has 0 fully saturated rings. The smallest absolute Gasteiger partial charge is 0.255 e. The molecule has 0 aliphatic heterocycles. The van der Waals surface area contributed by atoms with Crippen molar-refractivity contribution in [1.82, 2.24) is 0 Å². The first-order chi connectivity index (χ1) is 5.31. The molecule has 0 unspecified atom stereocenters. The van der Waals surface area contributed by atoms with Gasteiger partial charge in [-0.3, -0.25) is 4.79 Å². The molecule has 0 aromatic carbocycles. The molecule has 0 saturated heterocycles. The second-order valence-corrected chi connectivity index (χ2v) is 1.62. The Morgan fingerprint density at radius 2 is 2.36 bits per heavy atom. The van der Waals surface area contributed by atoms with Crippen molar-refractivity contribution in [3.05, 3.63) is 24.5 Å². The number of hydrogen-bond acceptors (Lipinski definition) is 3. The highest BCUT2D eigenvalue weighted by molar-refractivity contribution is 6.02. The molecule has 0 bridgehead atoms. The van der Waals surface area contributed by atoms with Crippen molar-refractivity contribution >= 4 is 5.78 Å². The summed E-state index contributed by atoms with van der Waals surface area (Å²) in [7, 11) is 0. The largest absolute Gasteiger partial charge is 0.501 e. The summed E-state index contributed by atoms with van der Waals surface area (Å²) in [5.41, 5.74) is 0. The van der Waals surface area contributed by atoms with E-state index in [1.165, 1.54) is 24.5 Å². The molecular weight excluding hydrogens is 142 g/mol. The van der Waals surface area contributed by atoms with Crippen molar-refractivity contribution < 1.29 is 9.53 Å². The monoisotopic (exact) mass is 151 g/mol. The topological polar surface area (TPSA) is 50.1 Å². The van der Waals surface area contributed by atoms with Crippen LogP contribution in [0.3, 0.4) is 0 Å². The summed E-state index contributed by atoms with van der Waals surface area (Å²) >= 11 is 0. The van der Waals surface area contributed by atoms with Crippen LogP contribution in [0.4, 0.5) is 0 Å². The van der Waals surface area contributed by atoms with Crippen molar-refractivity contribution in [3.63, 3.8) is 0 Å². The van der Waals surface area contributed by atoms with Crippen LogP contribution in [0.2, 0.25) is 0 Å². The van der Waals surface area contributed by atoms with Crippen LogP contribution in [0, 0.1) is 11.3 Å². The number of ether oxygens (including phenoxy) is 1. The lowest BCUT2D eigenvalue weighted by Gasteiger charge is -1.87. The molecular formula is C8H9NO2. The summed E-state index contributed by atoms with van der Waals surface area (Å²) in [4.78, 5) is 10.3. The molecule has 0 aromatic rings. The molecule has 0 radical (unpaired) electrons. The van der Waals surface area contributed by atoms with Crippen LogP contribution in [-0.2, 0) is 9.53 Å². The van der Waals surface area contributed by atoms with Crippen LogP contribution in [0.25, 0.3) is 0 Å². The summed E-state index contributed by atoms with van der Waals surface area (Å²) in [5.74, 6) is -0.564. The Labute approximate surface area is 65.6 Å². The average molecular weight is 151 g/mol. The number of carbonyl (C=O) groups excluding carboxylic acids is 1. The van der Waals surface area contributed by atoms with Crippen LogP contribution in [-0.4, -0.2) is 12.4 Å². The van der Waals surface area contributed by atoms with Crippen LogP contribution in [0.1, 0.15) is 6.92 Å². The molecule has 0 saturated carbocycles. The van der Waals surface area contributed by atoms with Gasteiger partial charge in [-0.2, -0.15) is 5.26 Å². The van der Waals surface area contributed by atoms with Crippen LogP contribution in [0.15, 0.2) is 24.5 Å². The molecule has 11 heavy (non-hydrogen) atoms. The predicted octanol–water partition coefficient (Wildman–Crippen LogP) is 1.19. The lowest BCUT2D eigenvalue weighted by atomic mass is 10.4. The molecule has 0 spiro atoms. The maximum atomic E-state index is 10.3. The van der Waals surface area contributed by atoms with E-state index in [1.54, 1.807) is 6.08 Å². The van der Waals surface area contributed by atoms with Crippen LogP contribution >= 0.6 is 0 Å². The fourth-order valence-electron chi connectivity index (χ4n) is 0.377. The van der Waals surface area contributed by atoms with Gasteiger partial charge in [0.15, 0.2) is 0 Å². The first-order valence-electron chi connectivity index (χ1n) is 3.20. The summed E-state index contributed by atoms with van der Waals surface area (Å²) in [6.07, 6.45) is 5.65. The Hall–Kier alpha value is -1.56. The molecule has 3 heteroatoms. The van der Waals surface area contributed by atoms with Gasteiger partial charge < -0.3 is 4.74 Å². The molecule has 0 atom stereocenters. The summed E-state index contributed by atoms with van der Waals surface area (Å²) in [6, 6.07) is 1.46. The van der Waals surface area contributed by atoms with Gasteiger partial charge in [0.2, 0.25) is 0 Å². The Morgan fingerprint density at radius 1 is 1.64 bits per heavy atom. The van der Waals surface area contributed by atoms with Crippen molar-refractivity contribution in [2.24, 2.45) is 0 Å². The predicted molar refractivity (Wildman–Crippen MR) is 40.5 cm³/mol. The molecule has 0 aliphatic rings. The SMILES string of the molecule is CCO/C=C/C=C\C(=O)C#N. The van der Waals surface area contributed by atoms with E-state index >= 15 is 0 Å². The number of ketones is 1. The van der Waals surface area contributed by atoms with Gasteiger partial charge in [0.05, 0.1) is 12.9 Å². The van der Waals surface area contributed by atoms with Gasteiger partial charge in [0.25, 0.3) is 5.78 Å². The van der Waals surface area contributed by atoms with E-state index in [0.717, 1.165) is 0 Å². The first kappa shape index (κ1) is 9.44. The zero-order valence-corrected chi connectivity index (χ0v) is 6.28. The van der Waals surface area contributed by atoms with Gasteiger partial charge in [-0.15, -0.1) is 0 Å². The Morgan fingerprint density at radius 3 is 2.91 bits per heavy atom. The normalized spacial score (nSPS) is 10.2. The average Bonchev–Trinajstić information content (AvgIpc) is 2.04. The molecule has 3 nitrogen and oxygen atoms in total. The highest BCUT2D eigenvalue weighted by Gasteiger charge is 1.85. The lowest BCUT2D eigenvalue weighted by Crippen LogP contribution is -1.82. The van der Waals surface area contributed by atoms with Gasteiger partial charge in [-0.25, -0.2) is 0 Å².